The smallest absolute Gasteiger partial charge is 0.284 e. The Morgan fingerprint density at radius 3 is 2.23 bits per heavy atom. The van der Waals surface area contributed by atoms with Gasteiger partial charge in [0.15, 0.2) is 0 Å². The van der Waals surface area contributed by atoms with Crippen molar-refractivity contribution in [2.24, 2.45) is 11.0 Å². The number of allylic oxidation sites excluding steroid dienone is 1. The normalized spacial score (nSPS) is 20.5. The molecule has 5 rings (SSSR count). The minimum Gasteiger partial charge on any atom is -0.378 e. The first-order valence-corrected chi connectivity index (χ1v) is 13.0. The Hall–Kier alpha value is -3.38. The van der Waals surface area contributed by atoms with Gasteiger partial charge in [0.25, 0.3) is 5.91 Å². The molecule has 1 aliphatic carbocycles. The van der Waals surface area contributed by atoms with Crippen LogP contribution in [0.25, 0.3) is 6.08 Å². The lowest BCUT2D eigenvalue weighted by atomic mass is 9.77. The van der Waals surface area contributed by atoms with Crippen molar-refractivity contribution in [1.29, 1.82) is 0 Å². The molecule has 1 aromatic heterocycles. The first-order valence-electron chi connectivity index (χ1n) is 12.1. The highest BCUT2D eigenvalue weighted by atomic mass is 32.1. The van der Waals surface area contributed by atoms with Gasteiger partial charge in [-0.05, 0) is 77.8 Å². The molecule has 1 fully saturated rings. The zero-order valence-corrected chi connectivity index (χ0v) is 21.6. The van der Waals surface area contributed by atoms with Gasteiger partial charge >= 0.3 is 0 Å². The maximum atomic E-state index is 13.6. The highest BCUT2D eigenvalue weighted by Gasteiger charge is 2.44. The van der Waals surface area contributed by atoms with Gasteiger partial charge in [-0.15, -0.1) is 11.3 Å². The SMILES string of the molecule is CN(C)c1ccc(C=C2CCCC3C2=NN(C(=O)c2cccs2)C3c2ccc(N(C)C)cc2)cc1. The summed E-state index contributed by atoms with van der Waals surface area (Å²) in [6.07, 6.45) is 5.37. The molecule has 0 bridgehead atoms. The van der Waals surface area contributed by atoms with Crippen molar-refractivity contribution in [2.45, 2.75) is 25.3 Å². The lowest BCUT2D eigenvalue weighted by Crippen LogP contribution is -2.31. The standard InChI is InChI=1S/C29H32N4OS/c1-31(2)23-14-10-20(11-15-23)19-22-7-5-8-25-27(22)30-33(29(34)26-9-6-18-35-26)28(25)21-12-16-24(17-13-21)32(3)4/h6,9-19,25,28H,5,7-8H2,1-4H3. The number of hydrogen-bond acceptors (Lipinski definition) is 5. The van der Waals surface area contributed by atoms with E-state index >= 15 is 0 Å². The van der Waals surface area contributed by atoms with E-state index in [9.17, 15) is 4.79 Å². The number of benzene rings is 2. The summed E-state index contributed by atoms with van der Waals surface area (Å²) in [5.74, 6) is 0.184. The Morgan fingerprint density at radius 2 is 1.63 bits per heavy atom. The maximum absolute atomic E-state index is 13.6. The van der Waals surface area contributed by atoms with Gasteiger partial charge in [-0.2, -0.15) is 5.10 Å². The molecule has 2 unspecified atom stereocenters. The van der Waals surface area contributed by atoms with E-state index in [4.69, 9.17) is 5.10 Å². The van der Waals surface area contributed by atoms with Crippen LogP contribution in [0.5, 0.6) is 0 Å². The van der Waals surface area contributed by atoms with Gasteiger partial charge in [-0.25, -0.2) is 5.01 Å². The molecule has 1 amide bonds. The van der Waals surface area contributed by atoms with Crippen molar-refractivity contribution >= 4 is 40.4 Å². The molecule has 1 saturated carbocycles. The third kappa shape index (κ3) is 4.63. The number of hydrazone groups is 1. The Labute approximate surface area is 212 Å². The Morgan fingerprint density at radius 1 is 0.971 bits per heavy atom. The van der Waals surface area contributed by atoms with Crippen molar-refractivity contribution in [3.8, 4) is 0 Å². The Kier molecular flexibility index (Phi) is 6.48. The molecule has 0 saturated heterocycles. The highest BCUT2D eigenvalue weighted by Crippen LogP contribution is 2.45. The lowest BCUT2D eigenvalue weighted by molar-refractivity contribution is 0.0686. The number of hydrogen-bond donors (Lipinski definition) is 0. The molecule has 0 radical (unpaired) electrons. The van der Waals surface area contributed by atoms with Crippen LogP contribution < -0.4 is 9.80 Å². The number of anilines is 2. The fourth-order valence-electron chi connectivity index (χ4n) is 5.05. The number of amides is 1. The van der Waals surface area contributed by atoms with Crippen molar-refractivity contribution in [3.63, 3.8) is 0 Å². The van der Waals surface area contributed by atoms with Crippen LogP contribution in [0.15, 0.2) is 76.7 Å². The summed E-state index contributed by atoms with van der Waals surface area (Å²) in [5, 5.41) is 8.73. The molecule has 5 nitrogen and oxygen atoms in total. The summed E-state index contributed by atoms with van der Waals surface area (Å²) in [7, 11) is 8.19. The number of fused-ring (bicyclic) bond motifs is 1. The summed E-state index contributed by atoms with van der Waals surface area (Å²) < 4.78 is 0. The Bertz CT molecular complexity index is 1240. The number of carbonyl (C=O) groups is 1. The summed E-state index contributed by atoms with van der Waals surface area (Å²) in [5.41, 5.74) is 6.95. The van der Waals surface area contributed by atoms with Gasteiger partial charge in [0.1, 0.15) is 0 Å². The van der Waals surface area contributed by atoms with Crippen LogP contribution in [0.3, 0.4) is 0 Å². The second kappa shape index (κ2) is 9.70. The van der Waals surface area contributed by atoms with Crippen molar-refractivity contribution in [1.82, 2.24) is 5.01 Å². The van der Waals surface area contributed by atoms with Crippen LogP contribution in [0, 0.1) is 5.92 Å². The number of thiophene rings is 1. The van der Waals surface area contributed by atoms with Crippen molar-refractivity contribution in [3.05, 3.63) is 87.6 Å². The molecule has 6 heteroatoms. The molecule has 180 valence electrons. The van der Waals surface area contributed by atoms with Gasteiger partial charge < -0.3 is 9.80 Å². The monoisotopic (exact) mass is 484 g/mol. The van der Waals surface area contributed by atoms with Gasteiger partial charge in [0.2, 0.25) is 0 Å². The van der Waals surface area contributed by atoms with Gasteiger partial charge in [-0.3, -0.25) is 4.79 Å². The second-order valence-corrected chi connectivity index (χ2v) is 10.6. The quantitative estimate of drug-likeness (QED) is 0.426. The summed E-state index contributed by atoms with van der Waals surface area (Å²) >= 11 is 1.48. The highest BCUT2D eigenvalue weighted by molar-refractivity contribution is 7.12. The largest absolute Gasteiger partial charge is 0.378 e. The van der Waals surface area contributed by atoms with E-state index in [1.165, 1.54) is 28.2 Å². The third-order valence-corrected chi connectivity index (χ3v) is 7.80. The molecule has 3 aromatic rings. The van der Waals surface area contributed by atoms with Crippen molar-refractivity contribution < 1.29 is 4.79 Å². The summed E-state index contributed by atoms with van der Waals surface area (Å²) in [6.45, 7) is 0. The van der Waals surface area contributed by atoms with Crippen LogP contribution >= 0.6 is 11.3 Å². The average molecular weight is 485 g/mol. The van der Waals surface area contributed by atoms with E-state index in [1.54, 1.807) is 5.01 Å². The molecule has 35 heavy (non-hydrogen) atoms. The van der Waals surface area contributed by atoms with E-state index in [0.717, 1.165) is 41.1 Å². The van der Waals surface area contributed by atoms with Crippen LogP contribution in [0.2, 0.25) is 0 Å². The molecule has 1 aliphatic heterocycles. The topological polar surface area (TPSA) is 39.1 Å². The van der Waals surface area contributed by atoms with Gasteiger partial charge in [0.05, 0.1) is 16.6 Å². The minimum atomic E-state index is -0.0874. The van der Waals surface area contributed by atoms with E-state index in [1.807, 2.05) is 31.6 Å². The van der Waals surface area contributed by atoms with Crippen LogP contribution in [0.4, 0.5) is 11.4 Å². The molecular weight excluding hydrogens is 452 g/mol. The van der Waals surface area contributed by atoms with Gasteiger partial charge in [0, 0.05) is 45.5 Å². The third-order valence-electron chi connectivity index (χ3n) is 6.94. The number of carbonyl (C=O) groups excluding carboxylic acids is 1. The maximum Gasteiger partial charge on any atom is 0.284 e. The van der Waals surface area contributed by atoms with Crippen LogP contribution in [0.1, 0.15) is 46.1 Å². The predicted octanol–water partition coefficient (Wildman–Crippen LogP) is 6.32. The molecular formula is C29H32N4OS. The molecule has 2 atom stereocenters. The minimum absolute atomic E-state index is 0.0155. The van der Waals surface area contributed by atoms with Gasteiger partial charge in [-0.1, -0.05) is 30.3 Å². The van der Waals surface area contributed by atoms with Crippen LogP contribution in [-0.2, 0) is 0 Å². The first-order chi connectivity index (χ1) is 16.9. The fraction of sp³-hybridized carbons (Fsp3) is 0.310. The number of nitrogens with zero attached hydrogens (tertiary/aromatic N) is 4. The summed E-state index contributed by atoms with van der Waals surface area (Å²) in [6, 6.07) is 20.9. The Balaban J connectivity index is 1.53. The van der Waals surface area contributed by atoms with Crippen LogP contribution in [-0.4, -0.2) is 44.8 Å². The van der Waals surface area contributed by atoms with Crippen molar-refractivity contribution in [2.75, 3.05) is 38.0 Å². The fourth-order valence-corrected chi connectivity index (χ4v) is 5.71. The molecule has 0 N–H and O–H groups in total. The zero-order chi connectivity index (χ0) is 24.5. The van der Waals surface area contributed by atoms with E-state index in [-0.39, 0.29) is 17.9 Å². The average Bonchev–Trinajstić information content (AvgIpc) is 3.53. The lowest BCUT2D eigenvalue weighted by Gasteiger charge is -2.30. The number of rotatable bonds is 5. The second-order valence-electron chi connectivity index (χ2n) is 9.70. The van der Waals surface area contributed by atoms with E-state index in [0.29, 0.717) is 0 Å². The molecule has 2 heterocycles. The van der Waals surface area contributed by atoms with E-state index in [2.05, 4.69) is 78.5 Å². The zero-order valence-electron chi connectivity index (χ0n) is 20.8. The first kappa shape index (κ1) is 23.4. The summed E-state index contributed by atoms with van der Waals surface area (Å²) in [4.78, 5) is 18.5. The predicted molar refractivity (Wildman–Crippen MR) is 148 cm³/mol. The van der Waals surface area contributed by atoms with E-state index < -0.39 is 0 Å². The molecule has 2 aliphatic rings. The molecule has 2 aromatic carbocycles. The molecule has 0 spiro atoms.